The van der Waals surface area contributed by atoms with E-state index in [4.69, 9.17) is 9.15 Å². The van der Waals surface area contributed by atoms with Gasteiger partial charge in [-0.05, 0) is 25.6 Å². The van der Waals surface area contributed by atoms with Crippen LogP contribution in [-0.2, 0) is 6.42 Å². The standard InChI is InChI=1S/C14H18N4O2/c1-9(15-2)13-17-18-14(20-13)16-8-11-7-10-5-3-4-6-12(10)19-11/h3-6,9,11,15H,7-8H2,1-2H3,(H,16,18). The zero-order valence-electron chi connectivity index (χ0n) is 11.6. The van der Waals surface area contributed by atoms with Gasteiger partial charge < -0.3 is 19.8 Å². The molecule has 2 N–H and O–H groups in total. The number of ether oxygens (including phenoxy) is 1. The molecule has 6 heteroatoms. The molecule has 1 aromatic carbocycles. The van der Waals surface area contributed by atoms with Crippen molar-refractivity contribution in [1.82, 2.24) is 15.5 Å². The number of hydrogen-bond acceptors (Lipinski definition) is 6. The minimum atomic E-state index is 0.0463. The Bertz CT molecular complexity index is 559. The maximum absolute atomic E-state index is 5.84. The Hall–Kier alpha value is -2.08. The third kappa shape index (κ3) is 2.60. The molecule has 0 saturated carbocycles. The molecule has 0 saturated heterocycles. The summed E-state index contributed by atoms with van der Waals surface area (Å²) in [6.07, 6.45) is 1.00. The molecule has 0 spiro atoms. The number of anilines is 1. The molecule has 3 rings (SSSR count). The van der Waals surface area contributed by atoms with Crippen LogP contribution in [0.15, 0.2) is 28.7 Å². The van der Waals surface area contributed by atoms with Gasteiger partial charge >= 0.3 is 6.01 Å². The quantitative estimate of drug-likeness (QED) is 0.865. The van der Waals surface area contributed by atoms with Crippen molar-refractivity contribution in [3.63, 3.8) is 0 Å². The SMILES string of the molecule is CNC(C)c1nnc(NCC2Cc3ccccc3O2)o1. The number of para-hydroxylation sites is 1. The van der Waals surface area contributed by atoms with Gasteiger partial charge in [-0.25, -0.2) is 0 Å². The number of nitrogens with one attached hydrogen (secondary N) is 2. The molecule has 0 radical (unpaired) electrons. The topological polar surface area (TPSA) is 72.2 Å². The predicted molar refractivity (Wildman–Crippen MR) is 74.8 cm³/mol. The summed E-state index contributed by atoms with van der Waals surface area (Å²) in [5, 5.41) is 14.1. The molecular formula is C14H18N4O2. The highest BCUT2D eigenvalue weighted by atomic mass is 16.5. The molecule has 2 aromatic rings. The minimum absolute atomic E-state index is 0.0463. The zero-order chi connectivity index (χ0) is 13.9. The average Bonchev–Trinajstić information content (AvgIpc) is 3.10. The van der Waals surface area contributed by atoms with Crippen molar-refractivity contribution >= 4 is 6.01 Å². The second-order valence-corrected chi connectivity index (χ2v) is 4.89. The van der Waals surface area contributed by atoms with E-state index in [9.17, 15) is 0 Å². The maximum atomic E-state index is 5.84. The van der Waals surface area contributed by atoms with Crippen molar-refractivity contribution in [2.75, 3.05) is 18.9 Å². The maximum Gasteiger partial charge on any atom is 0.315 e. The van der Waals surface area contributed by atoms with E-state index in [1.54, 1.807) is 0 Å². The van der Waals surface area contributed by atoms with Gasteiger partial charge in [-0.1, -0.05) is 23.3 Å². The van der Waals surface area contributed by atoms with Gasteiger partial charge in [0.05, 0.1) is 12.6 Å². The lowest BCUT2D eigenvalue weighted by Gasteiger charge is -2.10. The Balaban J connectivity index is 1.55. The Morgan fingerprint density at radius 3 is 3.00 bits per heavy atom. The molecule has 0 bridgehead atoms. The number of rotatable bonds is 5. The van der Waals surface area contributed by atoms with Gasteiger partial charge in [0.15, 0.2) is 0 Å². The van der Waals surface area contributed by atoms with Crippen LogP contribution in [0.1, 0.15) is 24.4 Å². The Morgan fingerprint density at radius 2 is 2.20 bits per heavy atom. The summed E-state index contributed by atoms with van der Waals surface area (Å²) in [4.78, 5) is 0. The molecule has 0 fully saturated rings. The van der Waals surface area contributed by atoms with Crippen molar-refractivity contribution in [3.8, 4) is 5.75 Å². The summed E-state index contributed by atoms with van der Waals surface area (Å²) >= 11 is 0. The molecule has 0 amide bonds. The van der Waals surface area contributed by atoms with Gasteiger partial charge in [0.25, 0.3) is 0 Å². The van der Waals surface area contributed by atoms with E-state index in [0.717, 1.165) is 12.2 Å². The summed E-state index contributed by atoms with van der Waals surface area (Å²) in [6.45, 7) is 2.61. The van der Waals surface area contributed by atoms with Gasteiger partial charge in [-0.3, -0.25) is 0 Å². The van der Waals surface area contributed by atoms with Crippen molar-refractivity contribution in [3.05, 3.63) is 35.7 Å². The summed E-state index contributed by atoms with van der Waals surface area (Å²) < 4.78 is 11.4. The van der Waals surface area contributed by atoms with E-state index in [2.05, 4.69) is 26.9 Å². The highest BCUT2D eigenvalue weighted by Crippen LogP contribution is 2.28. The van der Waals surface area contributed by atoms with Crippen molar-refractivity contribution in [1.29, 1.82) is 0 Å². The van der Waals surface area contributed by atoms with Crippen molar-refractivity contribution in [2.45, 2.75) is 25.5 Å². The van der Waals surface area contributed by atoms with Gasteiger partial charge in [0, 0.05) is 6.42 Å². The van der Waals surface area contributed by atoms with Crippen LogP contribution in [0.25, 0.3) is 0 Å². The van der Waals surface area contributed by atoms with Crippen LogP contribution in [0.2, 0.25) is 0 Å². The highest BCUT2D eigenvalue weighted by Gasteiger charge is 2.22. The van der Waals surface area contributed by atoms with Crippen LogP contribution in [-0.4, -0.2) is 29.9 Å². The van der Waals surface area contributed by atoms with Crippen molar-refractivity contribution < 1.29 is 9.15 Å². The van der Waals surface area contributed by atoms with Gasteiger partial charge in [-0.2, -0.15) is 0 Å². The molecule has 2 atom stereocenters. The summed E-state index contributed by atoms with van der Waals surface area (Å²) in [7, 11) is 1.85. The normalized spacial score (nSPS) is 18.4. The third-order valence-corrected chi connectivity index (χ3v) is 3.44. The molecule has 0 aliphatic carbocycles. The fourth-order valence-electron chi connectivity index (χ4n) is 2.17. The molecule has 106 valence electrons. The number of aromatic nitrogens is 2. The van der Waals surface area contributed by atoms with E-state index in [1.807, 2.05) is 32.2 Å². The molecule has 2 unspecified atom stereocenters. The molecule has 20 heavy (non-hydrogen) atoms. The second-order valence-electron chi connectivity index (χ2n) is 4.89. The van der Waals surface area contributed by atoms with Crippen LogP contribution in [0, 0.1) is 0 Å². The number of nitrogens with zero attached hydrogens (tertiary/aromatic N) is 2. The fraction of sp³-hybridized carbons (Fsp3) is 0.429. The number of benzene rings is 1. The third-order valence-electron chi connectivity index (χ3n) is 3.44. The van der Waals surface area contributed by atoms with Crippen LogP contribution >= 0.6 is 0 Å². The first-order valence-electron chi connectivity index (χ1n) is 6.75. The van der Waals surface area contributed by atoms with Gasteiger partial charge in [0.1, 0.15) is 11.9 Å². The number of hydrogen-bond donors (Lipinski definition) is 2. The van der Waals surface area contributed by atoms with E-state index in [-0.39, 0.29) is 12.1 Å². The first-order valence-corrected chi connectivity index (χ1v) is 6.75. The largest absolute Gasteiger partial charge is 0.488 e. The van der Waals surface area contributed by atoms with Crippen LogP contribution in [0.3, 0.4) is 0 Å². The molecule has 1 aliphatic heterocycles. The Labute approximate surface area is 117 Å². The smallest absolute Gasteiger partial charge is 0.315 e. The molecule has 6 nitrogen and oxygen atoms in total. The van der Waals surface area contributed by atoms with Crippen LogP contribution < -0.4 is 15.4 Å². The minimum Gasteiger partial charge on any atom is -0.488 e. The fourth-order valence-corrected chi connectivity index (χ4v) is 2.17. The van der Waals surface area contributed by atoms with E-state index >= 15 is 0 Å². The Kier molecular flexibility index (Phi) is 3.56. The number of fused-ring (bicyclic) bond motifs is 1. The summed E-state index contributed by atoms with van der Waals surface area (Å²) in [5.74, 6) is 1.54. The van der Waals surface area contributed by atoms with Crippen molar-refractivity contribution in [2.24, 2.45) is 0 Å². The second kappa shape index (κ2) is 5.50. The van der Waals surface area contributed by atoms with E-state index in [0.29, 0.717) is 18.5 Å². The molecular weight excluding hydrogens is 256 g/mol. The molecule has 1 aromatic heterocycles. The van der Waals surface area contributed by atoms with Gasteiger partial charge in [-0.15, -0.1) is 5.10 Å². The zero-order valence-corrected chi connectivity index (χ0v) is 11.6. The highest BCUT2D eigenvalue weighted by molar-refractivity contribution is 5.37. The van der Waals surface area contributed by atoms with E-state index < -0.39 is 0 Å². The van der Waals surface area contributed by atoms with Crippen LogP contribution in [0.4, 0.5) is 6.01 Å². The summed E-state index contributed by atoms with van der Waals surface area (Å²) in [6, 6.07) is 8.58. The molecule has 2 heterocycles. The lowest BCUT2D eigenvalue weighted by atomic mass is 10.1. The van der Waals surface area contributed by atoms with Gasteiger partial charge in [0.2, 0.25) is 5.89 Å². The summed E-state index contributed by atoms with van der Waals surface area (Å²) in [5.41, 5.74) is 1.24. The average molecular weight is 274 g/mol. The lowest BCUT2D eigenvalue weighted by Crippen LogP contribution is -2.24. The predicted octanol–water partition coefficient (Wildman–Crippen LogP) is 1.77. The monoisotopic (exact) mass is 274 g/mol. The van der Waals surface area contributed by atoms with E-state index in [1.165, 1.54) is 5.56 Å². The first kappa shape index (κ1) is 12.9. The first-order chi connectivity index (χ1) is 9.76. The molecule has 1 aliphatic rings. The lowest BCUT2D eigenvalue weighted by molar-refractivity contribution is 0.245. The Morgan fingerprint density at radius 1 is 1.35 bits per heavy atom. The van der Waals surface area contributed by atoms with Crippen LogP contribution in [0.5, 0.6) is 5.75 Å².